The summed E-state index contributed by atoms with van der Waals surface area (Å²) in [5.41, 5.74) is 0. The van der Waals surface area contributed by atoms with E-state index in [-0.39, 0.29) is 42.8 Å². The number of thiophene rings is 1. The van der Waals surface area contributed by atoms with E-state index < -0.39 is 12.6 Å². The van der Waals surface area contributed by atoms with Gasteiger partial charge in [-0.3, -0.25) is 4.79 Å². The Kier molecular flexibility index (Phi) is 12.7. The van der Waals surface area contributed by atoms with Crippen molar-refractivity contribution in [2.75, 3.05) is 33.7 Å². The van der Waals surface area contributed by atoms with E-state index in [0.29, 0.717) is 25.5 Å². The van der Waals surface area contributed by atoms with Crippen molar-refractivity contribution in [1.82, 2.24) is 15.5 Å². The summed E-state index contributed by atoms with van der Waals surface area (Å²) in [4.78, 5) is 18.5. The molecule has 0 aliphatic rings. The minimum Gasteiger partial charge on any atom is -0.356 e. The summed E-state index contributed by atoms with van der Waals surface area (Å²) >= 11 is 1.66. The summed E-state index contributed by atoms with van der Waals surface area (Å²) < 4.78 is 36.4. The number of unbranched alkanes of at least 4 members (excludes halogenated alkanes) is 1. The minimum absolute atomic E-state index is 0. The van der Waals surface area contributed by atoms with E-state index in [1.165, 1.54) is 9.78 Å². The lowest BCUT2D eigenvalue weighted by Crippen LogP contribution is -2.40. The lowest BCUT2D eigenvalue weighted by Gasteiger charge is -2.14. The molecule has 0 aromatic carbocycles. The molecule has 0 saturated heterocycles. The van der Waals surface area contributed by atoms with Crippen LogP contribution in [0.25, 0.3) is 0 Å². The molecule has 10 heteroatoms. The van der Waals surface area contributed by atoms with Crippen LogP contribution >= 0.6 is 35.3 Å². The monoisotopic (exact) mass is 506 g/mol. The molecule has 0 radical (unpaired) electrons. The summed E-state index contributed by atoms with van der Waals surface area (Å²) in [5, 5.41) is 8.10. The topological polar surface area (TPSA) is 56.7 Å². The van der Waals surface area contributed by atoms with Gasteiger partial charge in [0.05, 0.1) is 0 Å². The Morgan fingerprint density at radius 1 is 1.23 bits per heavy atom. The van der Waals surface area contributed by atoms with E-state index in [1.807, 2.05) is 17.5 Å². The molecule has 1 aromatic rings. The molecular weight excluding hydrogens is 480 g/mol. The van der Waals surface area contributed by atoms with Gasteiger partial charge in [0.2, 0.25) is 5.91 Å². The first kappa shape index (κ1) is 25.0. The first-order valence-electron chi connectivity index (χ1n) is 8.09. The number of likely N-dealkylation sites (N-methyl/N-ethyl adjacent to an activating group) is 1. The van der Waals surface area contributed by atoms with Crippen molar-refractivity contribution in [3.63, 3.8) is 0 Å². The molecule has 0 aliphatic carbocycles. The second kappa shape index (κ2) is 13.2. The Morgan fingerprint density at radius 2 is 1.92 bits per heavy atom. The fourth-order valence-electron chi connectivity index (χ4n) is 1.88. The minimum atomic E-state index is -4.12. The summed E-state index contributed by atoms with van der Waals surface area (Å²) in [7, 11) is 3.29. The molecule has 0 saturated carbocycles. The van der Waals surface area contributed by atoms with Crippen LogP contribution in [0, 0.1) is 0 Å². The van der Waals surface area contributed by atoms with Gasteiger partial charge in [0.15, 0.2) is 5.96 Å². The molecule has 1 aromatic heterocycles. The van der Waals surface area contributed by atoms with Crippen LogP contribution in [0.15, 0.2) is 22.5 Å². The van der Waals surface area contributed by atoms with Gasteiger partial charge < -0.3 is 15.5 Å². The van der Waals surface area contributed by atoms with Gasteiger partial charge in [0.1, 0.15) is 6.54 Å². The largest absolute Gasteiger partial charge is 0.389 e. The Balaban J connectivity index is 0.00000625. The number of hydrogen-bond acceptors (Lipinski definition) is 3. The molecule has 150 valence electrons. The molecule has 0 fully saturated rings. The van der Waals surface area contributed by atoms with Crippen LogP contribution in [0.3, 0.4) is 0 Å². The highest BCUT2D eigenvalue weighted by molar-refractivity contribution is 14.0. The van der Waals surface area contributed by atoms with Crippen molar-refractivity contribution >= 4 is 47.2 Å². The number of guanidine groups is 1. The van der Waals surface area contributed by atoms with Crippen molar-refractivity contribution in [3.05, 3.63) is 22.4 Å². The highest BCUT2D eigenvalue weighted by atomic mass is 127. The fourth-order valence-corrected chi connectivity index (χ4v) is 2.59. The van der Waals surface area contributed by atoms with Gasteiger partial charge in [-0.05, 0) is 30.7 Å². The van der Waals surface area contributed by atoms with Crippen molar-refractivity contribution in [1.29, 1.82) is 0 Å². The highest BCUT2D eigenvalue weighted by Crippen LogP contribution is 2.21. The summed E-state index contributed by atoms with van der Waals surface area (Å²) in [6.07, 6.45) is -3.64. The molecule has 0 spiro atoms. The molecule has 26 heavy (non-hydrogen) atoms. The van der Waals surface area contributed by atoms with Crippen LogP contribution < -0.4 is 10.6 Å². The van der Waals surface area contributed by atoms with Crippen molar-refractivity contribution in [2.45, 2.75) is 31.9 Å². The molecule has 5 nitrogen and oxygen atoms in total. The van der Waals surface area contributed by atoms with E-state index in [2.05, 4.69) is 15.6 Å². The molecule has 1 amide bonds. The average molecular weight is 506 g/mol. The van der Waals surface area contributed by atoms with Gasteiger partial charge in [-0.1, -0.05) is 6.07 Å². The molecule has 0 bridgehead atoms. The standard InChI is InChI=1S/C16H25F3N4OS.HI/c1-23(2)14(24)12-22-15(20-9-4-3-8-16(17,18)19)21-10-7-13-6-5-11-25-13;/h5-6,11H,3-4,7-10,12H2,1-2H3,(H2,20,21,22);1H. The van der Waals surface area contributed by atoms with E-state index in [0.717, 1.165) is 6.42 Å². The number of halogens is 4. The van der Waals surface area contributed by atoms with Gasteiger partial charge in [-0.15, -0.1) is 35.3 Å². The predicted molar refractivity (Wildman–Crippen MR) is 110 cm³/mol. The molecule has 0 aliphatic heterocycles. The fraction of sp³-hybridized carbons (Fsp3) is 0.625. The molecule has 0 atom stereocenters. The summed E-state index contributed by atoms with van der Waals surface area (Å²) in [6, 6.07) is 4.01. The summed E-state index contributed by atoms with van der Waals surface area (Å²) in [5.74, 6) is 0.301. The number of nitrogens with one attached hydrogen (secondary N) is 2. The molecule has 1 heterocycles. The van der Waals surface area contributed by atoms with Gasteiger partial charge in [0.25, 0.3) is 0 Å². The summed E-state index contributed by atoms with van der Waals surface area (Å²) in [6.45, 7) is 0.992. The van der Waals surface area contributed by atoms with Crippen LogP contribution in [-0.2, 0) is 11.2 Å². The van der Waals surface area contributed by atoms with E-state index in [4.69, 9.17) is 0 Å². The Morgan fingerprint density at radius 3 is 2.50 bits per heavy atom. The van der Waals surface area contributed by atoms with E-state index >= 15 is 0 Å². The van der Waals surface area contributed by atoms with Crippen molar-refractivity contribution in [3.8, 4) is 0 Å². The number of nitrogens with zero attached hydrogens (tertiary/aromatic N) is 2. The number of aliphatic imine (C=N–C) groups is 1. The lowest BCUT2D eigenvalue weighted by atomic mass is 10.2. The third-order valence-corrected chi connectivity index (χ3v) is 4.23. The Labute approximate surface area is 173 Å². The van der Waals surface area contributed by atoms with Crippen molar-refractivity contribution in [2.24, 2.45) is 4.99 Å². The van der Waals surface area contributed by atoms with Crippen LogP contribution in [0.1, 0.15) is 24.1 Å². The number of alkyl halides is 3. The lowest BCUT2D eigenvalue weighted by molar-refractivity contribution is -0.135. The smallest absolute Gasteiger partial charge is 0.356 e. The molecule has 0 unspecified atom stereocenters. The van der Waals surface area contributed by atoms with Gasteiger partial charge in [0, 0.05) is 38.5 Å². The number of carbonyl (C=O) groups is 1. The Bertz CT molecular complexity index is 536. The normalized spacial score (nSPS) is 11.7. The average Bonchev–Trinajstić information content (AvgIpc) is 3.03. The van der Waals surface area contributed by atoms with Gasteiger partial charge in [-0.2, -0.15) is 13.2 Å². The maximum absolute atomic E-state index is 12.1. The first-order valence-corrected chi connectivity index (χ1v) is 8.97. The van der Waals surface area contributed by atoms with Crippen molar-refractivity contribution < 1.29 is 18.0 Å². The van der Waals surface area contributed by atoms with Crippen LogP contribution in [0.5, 0.6) is 0 Å². The maximum atomic E-state index is 12.1. The number of amides is 1. The number of carbonyl (C=O) groups excluding carboxylic acids is 1. The second-order valence-electron chi connectivity index (χ2n) is 5.71. The van der Waals surface area contributed by atoms with Gasteiger partial charge in [-0.25, -0.2) is 4.99 Å². The quantitative estimate of drug-likeness (QED) is 0.234. The predicted octanol–water partition coefficient (Wildman–Crippen LogP) is 3.26. The van der Waals surface area contributed by atoms with E-state index in [9.17, 15) is 18.0 Å². The molecule has 1 rings (SSSR count). The zero-order valence-corrected chi connectivity index (χ0v) is 18.1. The zero-order valence-electron chi connectivity index (χ0n) is 14.9. The second-order valence-corrected chi connectivity index (χ2v) is 6.74. The van der Waals surface area contributed by atoms with Crippen LogP contribution in [0.4, 0.5) is 13.2 Å². The zero-order chi connectivity index (χ0) is 18.7. The van der Waals surface area contributed by atoms with Gasteiger partial charge >= 0.3 is 6.18 Å². The SMILES string of the molecule is CN(C)C(=O)CN=C(NCCCCC(F)(F)F)NCCc1cccs1.I. The third kappa shape index (κ3) is 12.3. The van der Waals surface area contributed by atoms with Crippen LogP contribution in [0.2, 0.25) is 0 Å². The van der Waals surface area contributed by atoms with Crippen LogP contribution in [-0.4, -0.2) is 56.7 Å². The number of hydrogen-bond donors (Lipinski definition) is 2. The first-order chi connectivity index (χ1) is 11.8. The van der Waals surface area contributed by atoms with E-state index in [1.54, 1.807) is 25.4 Å². The Hall–Kier alpha value is -1.04. The third-order valence-electron chi connectivity index (χ3n) is 3.29. The highest BCUT2D eigenvalue weighted by Gasteiger charge is 2.25. The molecular formula is C16H26F3IN4OS. The maximum Gasteiger partial charge on any atom is 0.389 e. The molecule has 2 N–H and O–H groups in total. The number of rotatable bonds is 9.